The number of allylic oxidation sites excluding steroid dienone is 18. The van der Waals surface area contributed by atoms with Crippen LogP contribution >= 0.6 is 0 Å². The van der Waals surface area contributed by atoms with E-state index in [0.29, 0.717) is 19.3 Å². The molecule has 0 rings (SSSR count). The van der Waals surface area contributed by atoms with Crippen LogP contribution in [-0.4, -0.2) is 37.2 Å². The second kappa shape index (κ2) is 49.7. The Balaban J connectivity index is 4.53. The molecule has 350 valence electrons. The molecule has 0 N–H and O–H groups in total. The summed E-state index contributed by atoms with van der Waals surface area (Å²) in [5.41, 5.74) is 0. The van der Waals surface area contributed by atoms with Crippen molar-refractivity contribution in [3.05, 3.63) is 109 Å². The lowest BCUT2D eigenvalue weighted by molar-refractivity contribution is -0.167. The quantitative estimate of drug-likeness (QED) is 0.0263. The van der Waals surface area contributed by atoms with Gasteiger partial charge in [-0.2, -0.15) is 0 Å². The topological polar surface area (TPSA) is 78.9 Å². The van der Waals surface area contributed by atoms with Crippen LogP contribution in [0.25, 0.3) is 0 Å². The Morgan fingerprint density at radius 1 is 0.339 bits per heavy atom. The number of carbonyl (C=O) groups excluding carboxylic acids is 3. The molecule has 1 unspecified atom stereocenters. The monoisotopic (exact) mass is 859 g/mol. The minimum Gasteiger partial charge on any atom is -0.462 e. The van der Waals surface area contributed by atoms with Gasteiger partial charge < -0.3 is 14.2 Å². The largest absolute Gasteiger partial charge is 0.462 e. The zero-order chi connectivity index (χ0) is 45.1. The molecule has 6 nitrogen and oxygen atoms in total. The molecule has 0 heterocycles. The van der Waals surface area contributed by atoms with Gasteiger partial charge in [-0.1, -0.05) is 239 Å². The molecule has 0 saturated heterocycles. The van der Waals surface area contributed by atoms with E-state index in [9.17, 15) is 14.4 Å². The average Bonchev–Trinajstić information content (AvgIpc) is 3.27. The minimum atomic E-state index is -0.824. The van der Waals surface area contributed by atoms with Crippen LogP contribution in [0.1, 0.15) is 207 Å². The van der Waals surface area contributed by atoms with E-state index in [4.69, 9.17) is 14.2 Å². The molecule has 1 atom stereocenters. The highest BCUT2D eigenvalue weighted by molar-refractivity contribution is 5.71. The van der Waals surface area contributed by atoms with Crippen molar-refractivity contribution in [2.24, 2.45) is 0 Å². The van der Waals surface area contributed by atoms with Gasteiger partial charge in [-0.25, -0.2) is 0 Å². The molecule has 0 aliphatic carbocycles. The molecule has 0 bridgehead atoms. The highest BCUT2D eigenvalue weighted by Crippen LogP contribution is 2.14. The predicted molar refractivity (Wildman–Crippen MR) is 265 cm³/mol. The van der Waals surface area contributed by atoms with Crippen molar-refractivity contribution >= 4 is 17.9 Å². The maximum Gasteiger partial charge on any atom is 0.306 e. The second-order valence-electron chi connectivity index (χ2n) is 16.2. The number of hydrogen-bond donors (Lipinski definition) is 0. The summed E-state index contributed by atoms with van der Waals surface area (Å²) in [6.45, 7) is 6.36. The van der Waals surface area contributed by atoms with E-state index in [1.54, 1.807) is 0 Å². The molecule has 0 aromatic rings. The summed E-state index contributed by atoms with van der Waals surface area (Å²) in [4.78, 5) is 37.9. The van der Waals surface area contributed by atoms with E-state index in [1.807, 2.05) is 54.7 Å². The number of carbonyl (C=O) groups is 3. The smallest absolute Gasteiger partial charge is 0.306 e. The van der Waals surface area contributed by atoms with Crippen LogP contribution in [0.4, 0.5) is 0 Å². The Morgan fingerprint density at radius 2 is 0.645 bits per heavy atom. The maximum absolute atomic E-state index is 12.7. The maximum atomic E-state index is 12.7. The Bertz CT molecular complexity index is 1310. The van der Waals surface area contributed by atoms with E-state index in [0.717, 1.165) is 77.0 Å². The van der Waals surface area contributed by atoms with Crippen molar-refractivity contribution in [3.8, 4) is 0 Å². The van der Waals surface area contributed by atoms with Crippen LogP contribution in [0.3, 0.4) is 0 Å². The highest BCUT2D eigenvalue weighted by Gasteiger charge is 2.19. The van der Waals surface area contributed by atoms with Gasteiger partial charge in [0, 0.05) is 19.3 Å². The van der Waals surface area contributed by atoms with Crippen molar-refractivity contribution < 1.29 is 28.6 Å². The van der Waals surface area contributed by atoms with Gasteiger partial charge in [-0.3, -0.25) is 14.4 Å². The van der Waals surface area contributed by atoms with Crippen LogP contribution in [0.15, 0.2) is 109 Å². The van der Waals surface area contributed by atoms with E-state index in [-0.39, 0.29) is 31.6 Å². The first-order chi connectivity index (χ1) is 30.5. The summed E-state index contributed by atoms with van der Waals surface area (Å²) < 4.78 is 16.7. The van der Waals surface area contributed by atoms with Gasteiger partial charge in [0.1, 0.15) is 13.2 Å². The van der Waals surface area contributed by atoms with Gasteiger partial charge in [0.05, 0.1) is 0 Å². The van der Waals surface area contributed by atoms with Crippen molar-refractivity contribution in [3.63, 3.8) is 0 Å². The lowest BCUT2D eigenvalue weighted by Gasteiger charge is -2.18. The van der Waals surface area contributed by atoms with Crippen LogP contribution in [-0.2, 0) is 28.6 Å². The van der Waals surface area contributed by atoms with Crippen LogP contribution in [0.5, 0.6) is 0 Å². The third-order valence-electron chi connectivity index (χ3n) is 10.2. The number of unbranched alkanes of at least 4 members (excludes halogenated alkanes) is 21. The first-order valence-corrected chi connectivity index (χ1v) is 25.0. The highest BCUT2D eigenvalue weighted by atomic mass is 16.6. The number of hydrogen-bond acceptors (Lipinski definition) is 6. The molecule has 0 aliphatic heterocycles. The van der Waals surface area contributed by atoms with E-state index >= 15 is 0 Å². The Morgan fingerprint density at radius 3 is 1.06 bits per heavy atom. The van der Waals surface area contributed by atoms with Gasteiger partial charge >= 0.3 is 17.9 Å². The zero-order valence-electron chi connectivity index (χ0n) is 39.8. The van der Waals surface area contributed by atoms with Crippen molar-refractivity contribution in [1.82, 2.24) is 0 Å². The molecule has 62 heavy (non-hydrogen) atoms. The molecule has 0 aromatic heterocycles. The standard InChI is InChI=1S/C56H90O6/c1-4-7-10-13-16-19-22-25-26-27-28-29-32-34-37-40-43-46-49-55(58)61-52-53(62-56(59)50-47-44-41-38-35-31-24-21-18-15-12-9-6-3)51-60-54(57)48-45-42-39-36-33-30-23-20-17-14-11-8-5-2/h9,12,15-16,18-19,21-22,24-29,31,35,38,41,53H,4-8,10-11,13-14,17,20,23,30,32-34,36-37,39-40,42-52H2,1-3H3/b12-9+,18-15+,19-16+,24-21+,25-22+,27-26+,29-28+,35-31+,41-38+. The molecular weight excluding hydrogens is 769 g/mol. The summed E-state index contributed by atoms with van der Waals surface area (Å²) >= 11 is 0. The normalized spacial score (nSPS) is 13.0. The molecule has 0 spiro atoms. The first kappa shape index (κ1) is 58.1. The summed E-state index contributed by atoms with van der Waals surface area (Å²) in [7, 11) is 0. The fourth-order valence-electron chi connectivity index (χ4n) is 6.48. The van der Waals surface area contributed by atoms with Gasteiger partial charge in [0.2, 0.25) is 0 Å². The fourth-order valence-corrected chi connectivity index (χ4v) is 6.48. The van der Waals surface area contributed by atoms with E-state index in [1.165, 1.54) is 83.5 Å². The van der Waals surface area contributed by atoms with Gasteiger partial charge in [-0.05, 0) is 57.8 Å². The van der Waals surface area contributed by atoms with Crippen molar-refractivity contribution in [2.75, 3.05) is 13.2 Å². The van der Waals surface area contributed by atoms with Gasteiger partial charge in [0.25, 0.3) is 0 Å². The van der Waals surface area contributed by atoms with Gasteiger partial charge in [0.15, 0.2) is 6.10 Å². The molecule has 0 aliphatic rings. The lowest BCUT2D eigenvalue weighted by Crippen LogP contribution is -2.30. The molecule has 0 amide bonds. The molecular formula is C56H90O6. The Hall–Kier alpha value is -3.93. The number of rotatable bonds is 43. The fraction of sp³-hybridized carbons (Fsp3) is 0.625. The predicted octanol–water partition coefficient (Wildman–Crippen LogP) is 16.4. The molecule has 0 saturated carbocycles. The third kappa shape index (κ3) is 47.1. The average molecular weight is 859 g/mol. The van der Waals surface area contributed by atoms with Crippen LogP contribution in [0, 0.1) is 0 Å². The second-order valence-corrected chi connectivity index (χ2v) is 16.2. The van der Waals surface area contributed by atoms with Gasteiger partial charge in [-0.15, -0.1) is 0 Å². The molecule has 6 heteroatoms. The Labute approximate surface area is 380 Å². The lowest BCUT2D eigenvalue weighted by atomic mass is 10.0. The summed E-state index contributed by atoms with van der Waals surface area (Å²) in [6, 6.07) is 0. The Kier molecular flexibility index (Phi) is 46.6. The molecule has 0 fully saturated rings. The van der Waals surface area contributed by atoms with E-state index in [2.05, 4.69) is 75.5 Å². The summed E-state index contributed by atoms with van der Waals surface area (Å²) in [5, 5.41) is 0. The van der Waals surface area contributed by atoms with Crippen molar-refractivity contribution in [1.29, 1.82) is 0 Å². The minimum absolute atomic E-state index is 0.115. The molecule has 0 radical (unpaired) electrons. The number of ether oxygens (including phenoxy) is 3. The van der Waals surface area contributed by atoms with Crippen LogP contribution < -0.4 is 0 Å². The van der Waals surface area contributed by atoms with E-state index < -0.39 is 12.1 Å². The third-order valence-corrected chi connectivity index (χ3v) is 10.2. The number of esters is 3. The zero-order valence-corrected chi connectivity index (χ0v) is 39.8. The van der Waals surface area contributed by atoms with Crippen molar-refractivity contribution in [2.45, 2.75) is 213 Å². The van der Waals surface area contributed by atoms with Crippen LogP contribution in [0.2, 0.25) is 0 Å². The first-order valence-electron chi connectivity index (χ1n) is 25.0. The molecule has 0 aromatic carbocycles. The summed E-state index contributed by atoms with van der Waals surface area (Å²) in [5.74, 6) is -1.02. The SMILES string of the molecule is CC/C=C/C=C/C=C/C=C/C=C/CCCC(=O)OC(COC(=O)CCCCCCC/C=C/C=C/C=C/C=C/CCCCC)COC(=O)CCCCCCCCCCCCCCC. The summed E-state index contributed by atoms with van der Waals surface area (Å²) in [6.07, 6.45) is 66.4.